The number of benzene rings is 1. The lowest BCUT2D eigenvalue weighted by Crippen LogP contribution is -2.15. The number of imidazole rings is 1. The highest BCUT2D eigenvalue weighted by atomic mass is 19.4. The lowest BCUT2D eigenvalue weighted by atomic mass is 9.96. The van der Waals surface area contributed by atoms with Crippen molar-refractivity contribution in [1.29, 1.82) is 0 Å². The molecule has 0 fully saturated rings. The summed E-state index contributed by atoms with van der Waals surface area (Å²) in [7, 11) is 0. The Bertz CT molecular complexity index is 888. The van der Waals surface area contributed by atoms with E-state index in [2.05, 4.69) is 15.3 Å². The predicted octanol–water partition coefficient (Wildman–Crippen LogP) is 4.42. The van der Waals surface area contributed by atoms with E-state index in [-0.39, 0.29) is 18.2 Å². The van der Waals surface area contributed by atoms with Crippen molar-refractivity contribution in [3.63, 3.8) is 0 Å². The Balaban J connectivity index is 1.58. The molecular weight excluding hydrogens is 357 g/mol. The van der Waals surface area contributed by atoms with Crippen LogP contribution >= 0.6 is 0 Å². The molecule has 0 aliphatic carbocycles. The molecule has 2 aromatic heterocycles. The number of hydrogen-bond donors (Lipinski definition) is 1. The van der Waals surface area contributed by atoms with Crippen molar-refractivity contribution in [3.05, 3.63) is 72.4 Å². The number of anilines is 1. The zero-order valence-corrected chi connectivity index (χ0v) is 14.4. The van der Waals surface area contributed by atoms with Crippen LogP contribution in [0.25, 0.3) is 5.82 Å². The van der Waals surface area contributed by atoms with Crippen LogP contribution in [-0.4, -0.2) is 20.4 Å². The van der Waals surface area contributed by atoms with E-state index in [1.54, 1.807) is 42.3 Å². The monoisotopic (exact) mass is 374 g/mol. The molecule has 2 heterocycles. The van der Waals surface area contributed by atoms with Gasteiger partial charge in [-0.05, 0) is 35.7 Å². The third-order valence-electron chi connectivity index (χ3n) is 4.10. The van der Waals surface area contributed by atoms with E-state index in [1.807, 2.05) is 0 Å². The molecule has 8 heteroatoms. The van der Waals surface area contributed by atoms with Crippen molar-refractivity contribution >= 4 is 11.6 Å². The lowest BCUT2D eigenvalue weighted by molar-refractivity contribution is -0.137. The third kappa shape index (κ3) is 4.72. The van der Waals surface area contributed by atoms with Crippen molar-refractivity contribution in [2.24, 2.45) is 0 Å². The summed E-state index contributed by atoms with van der Waals surface area (Å²) in [5.41, 5.74) is 0.516. The van der Waals surface area contributed by atoms with E-state index < -0.39 is 11.7 Å². The second-order valence-corrected chi connectivity index (χ2v) is 6.15. The molecule has 0 aliphatic rings. The first kappa shape index (κ1) is 18.6. The number of hydrogen-bond acceptors (Lipinski definition) is 3. The summed E-state index contributed by atoms with van der Waals surface area (Å²) in [6.07, 6.45) is 2.33. The standard InChI is InChI=1S/C19H17F3N4O/c1-13(14-2-4-15(5-3-14)19(20,21)22)10-18(27)25-16-6-7-17(24-11-16)26-9-8-23-12-26/h2-9,11-13H,10H2,1H3,(H,25,27). The van der Waals surface area contributed by atoms with Gasteiger partial charge in [0.05, 0.1) is 17.4 Å². The average Bonchev–Trinajstić information content (AvgIpc) is 3.16. The summed E-state index contributed by atoms with van der Waals surface area (Å²) in [6.45, 7) is 1.79. The molecule has 0 saturated carbocycles. The van der Waals surface area contributed by atoms with Crippen molar-refractivity contribution in [2.45, 2.75) is 25.4 Å². The zero-order valence-electron chi connectivity index (χ0n) is 14.4. The van der Waals surface area contributed by atoms with Crippen LogP contribution in [0.15, 0.2) is 61.3 Å². The summed E-state index contributed by atoms with van der Waals surface area (Å²) in [4.78, 5) is 20.4. The molecule has 1 atom stereocenters. The molecule has 3 rings (SSSR count). The van der Waals surface area contributed by atoms with Gasteiger partial charge >= 0.3 is 6.18 Å². The molecule has 1 unspecified atom stereocenters. The summed E-state index contributed by atoms with van der Waals surface area (Å²) >= 11 is 0. The Labute approximate surface area is 153 Å². The Hall–Kier alpha value is -3.16. The van der Waals surface area contributed by atoms with Gasteiger partial charge in [0, 0.05) is 18.8 Å². The number of amides is 1. The van der Waals surface area contributed by atoms with Gasteiger partial charge in [-0.15, -0.1) is 0 Å². The number of nitrogens with one attached hydrogen (secondary N) is 1. The Kier molecular flexibility index (Phi) is 5.25. The Morgan fingerprint density at radius 3 is 2.48 bits per heavy atom. The molecule has 27 heavy (non-hydrogen) atoms. The maximum Gasteiger partial charge on any atom is 0.416 e. The van der Waals surface area contributed by atoms with Crippen LogP contribution in [0.2, 0.25) is 0 Å². The van der Waals surface area contributed by atoms with Gasteiger partial charge in [0.25, 0.3) is 0 Å². The van der Waals surface area contributed by atoms with Crippen LogP contribution in [-0.2, 0) is 11.0 Å². The number of nitrogens with zero attached hydrogens (tertiary/aromatic N) is 3. The number of carbonyl (C=O) groups is 1. The first-order chi connectivity index (χ1) is 12.8. The topological polar surface area (TPSA) is 59.8 Å². The van der Waals surface area contributed by atoms with E-state index in [9.17, 15) is 18.0 Å². The molecular formula is C19H17F3N4O. The number of aromatic nitrogens is 3. The molecule has 0 aliphatic heterocycles. The second-order valence-electron chi connectivity index (χ2n) is 6.15. The quantitative estimate of drug-likeness (QED) is 0.719. The second kappa shape index (κ2) is 7.61. The highest BCUT2D eigenvalue weighted by Gasteiger charge is 2.30. The highest BCUT2D eigenvalue weighted by molar-refractivity contribution is 5.91. The number of carbonyl (C=O) groups excluding carboxylic acids is 1. The fourth-order valence-electron chi connectivity index (χ4n) is 2.62. The van der Waals surface area contributed by atoms with Crippen molar-refractivity contribution in [2.75, 3.05) is 5.32 Å². The molecule has 5 nitrogen and oxygen atoms in total. The summed E-state index contributed by atoms with van der Waals surface area (Å²) in [6, 6.07) is 8.34. The fourth-order valence-corrected chi connectivity index (χ4v) is 2.62. The Morgan fingerprint density at radius 2 is 1.93 bits per heavy atom. The van der Waals surface area contributed by atoms with E-state index in [0.717, 1.165) is 12.1 Å². The SMILES string of the molecule is CC(CC(=O)Nc1ccc(-n2ccnc2)nc1)c1ccc(C(F)(F)F)cc1. The smallest absolute Gasteiger partial charge is 0.325 e. The minimum atomic E-state index is -4.37. The van der Waals surface area contributed by atoms with Crippen LogP contribution in [0.3, 0.4) is 0 Å². The first-order valence-electron chi connectivity index (χ1n) is 8.24. The van der Waals surface area contributed by atoms with Gasteiger partial charge < -0.3 is 5.32 Å². The van der Waals surface area contributed by atoms with Crippen LogP contribution in [0, 0.1) is 0 Å². The summed E-state index contributed by atoms with van der Waals surface area (Å²) in [5, 5.41) is 2.74. The van der Waals surface area contributed by atoms with Crippen molar-refractivity contribution in [3.8, 4) is 5.82 Å². The molecule has 140 valence electrons. The van der Waals surface area contributed by atoms with E-state index >= 15 is 0 Å². The van der Waals surface area contributed by atoms with E-state index in [1.165, 1.54) is 18.3 Å². The number of pyridine rings is 1. The van der Waals surface area contributed by atoms with Gasteiger partial charge in [-0.2, -0.15) is 13.2 Å². The third-order valence-corrected chi connectivity index (χ3v) is 4.10. The molecule has 1 N–H and O–H groups in total. The van der Waals surface area contributed by atoms with Gasteiger partial charge in [-0.1, -0.05) is 19.1 Å². The van der Waals surface area contributed by atoms with Crippen LogP contribution < -0.4 is 5.32 Å². The number of rotatable bonds is 5. The summed E-state index contributed by atoms with van der Waals surface area (Å²) < 4.78 is 39.6. The highest BCUT2D eigenvalue weighted by Crippen LogP contribution is 2.30. The normalized spacial score (nSPS) is 12.6. The first-order valence-corrected chi connectivity index (χ1v) is 8.24. The van der Waals surface area contributed by atoms with Gasteiger partial charge in [-0.3, -0.25) is 9.36 Å². The maximum atomic E-state index is 12.6. The molecule has 1 aromatic carbocycles. The number of alkyl halides is 3. The molecule has 0 radical (unpaired) electrons. The fraction of sp³-hybridized carbons (Fsp3) is 0.211. The zero-order chi connectivity index (χ0) is 19.4. The lowest BCUT2D eigenvalue weighted by Gasteiger charge is -2.14. The summed E-state index contributed by atoms with van der Waals surface area (Å²) in [5.74, 6) is 0.216. The Morgan fingerprint density at radius 1 is 1.19 bits per heavy atom. The van der Waals surface area contributed by atoms with Crippen molar-refractivity contribution in [1.82, 2.24) is 14.5 Å². The van der Waals surface area contributed by atoms with E-state index in [0.29, 0.717) is 17.1 Å². The molecule has 3 aromatic rings. The average molecular weight is 374 g/mol. The number of halogens is 3. The van der Waals surface area contributed by atoms with E-state index in [4.69, 9.17) is 0 Å². The van der Waals surface area contributed by atoms with Gasteiger partial charge in [0.1, 0.15) is 12.1 Å². The largest absolute Gasteiger partial charge is 0.416 e. The van der Waals surface area contributed by atoms with Gasteiger partial charge in [0.2, 0.25) is 5.91 Å². The van der Waals surface area contributed by atoms with Gasteiger partial charge in [-0.25, -0.2) is 9.97 Å². The molecule has 1 amide bonds. The molecule has 0 saturated heterocycles. The molecule has 0 spiro atoms. The minimum absolute atomic E-state index is 0.147. The van der Waals surface area contributed by atoms with Gasteiger partial charge in [0.15, 0.2) is 0 Å². The van der Waals surface area contributed by atoms with Crippen LogP contribution in [0.5, 0.6) is 0 Å². The molecule has 0 bridgehead atoms. The van der Waals surface area contributed by atoms with Crippen LogP contribution in [0.4, 0.5) is 18.9 Å². The van der Waals surface area contributed by atoms with Crippen LogP contribution in [0.1, 0.15) is 30.4 Å². The minimum Gasteiger partial charge on any atom is -0.325 e. The predicted molar refractivity (Wildman–Crippen MR) is 94.5 cm³/mol. The van der Waals surface area contributed by atoms with Crippen molar-refractivity contribution < 1.29 is 18.0 Å². The maximum absolute atomic E-state index is 12.6.